The molecule has 0 aromatic heterocycles. The van der Waals surface area contributed by atoms with E-state index in [4.69, 9.17) is 5.73 Å². The molecule has 24 heavy (non-hydrogen) atoms. The topological polar surface area (TPSA) is 84.2 Å². The number of hydrogen-bond acceptors (Lipinski definition) is 3. The Balaban J connectivity index is 0.00000288. The van der Waals surface area contributed by atoms with Crippen molar-refractivity contribution in [3.63, 3.8) is 0 Å². The van der Waals surface area contributed by atoms with Gasteiger partial charge in [-0.25, -0.2) is 0 Å². The van der Waals surface area contributed by atoms with E-state index >= 15 is 0 Å². The minimum atomic E-state index is -0.0455. The molecule has 1 saturated carbocycles. The number of rotatable bonds is 5. The zero-order valence-corrected chi connectivity index (χ0v) is 15.2. The number of carbonyl (C=O) groups excluding carboxylic acids is 2. The Morgan fingerprint density at radius 3 is 2.46 bits per heavy atom. The van der Waals surface area contributed by atoms with Gasteiger partial charge in [0.25, 0.3) is 0 Å². The maximum atomic E-state index is 12.2. The summed E-state index contributed by atoms with van der Waals surface area (Å²) in [6, 6.07) is 7.71. The standard InChI is InChI=1S/C18H27N3O2.ClH/c1-12(2)17(22)21-16-8-6-13(7-9-16)11-20-18(23)14-4-3-5-15(19)10-14;/h6-9,12,14-15H,3-5,10-11,19H2,1-2H3,(H,20,23)(H,21,22);1H. The number of nitrogens with one attached hydrogen (secondary N) is 2. The number of anilines is 1. The number of benzene rings is 1. The van der Waals surface area contributed by atoms with Crippen LogP contribution in [0.3, 0.4) is 0 Å². The van der Waals surface area contributed by atoms with Gasteiger partial charge in [0.15, 0.2) is 0 Å². The van der Waals surface area contributed by atoms with Crippen molar-refractivity contribution in [2.24, 2.45) is 17.6 Å². The lowest BCUT2D eigenvalue weighted by atomic mass is 9.85. The first-order chi connectivity index (χ1) is 11.0. The van der Waals surface area contributed by atoms with Crippen LogP contribution >= 0.6 is 12.4 Å². The Morgan fingerprint density at radius 1 is 1.21 bits per heavy atom. The second-order valence-corrected chi connectivity index (χ2v) is 6.68. The van der Waals surface area contributed by atoms with Crippen LogP contribution in [-0.2, 0) is 16.1 Å². The van der Waals surface area contributed by atoms with Crippen LogP contribution in [-0.4, -0.2) is 17.9 Å². The molecule has 2 atom stereocenters. The molecule has 2 amide bonds. The van der Waals surface area contributed by atoms with E-state index in [1.54, 1.807) is 0 Å². The minimum Gasteiger partial charge on any atom is -0.352 e. The lowest BCUT2D eigenvalue weighted by molar-refractivity contribution is -0.126. The van der Waals surface area contributed by atoms with Crippen LogP contribution in [0.4, 0.5) is 5.69 Å². The Morgan fingerprint density at radius 2 is 1.88 bits per heavy atom. The van der Waals surface area contributed by atoms with Gasteiger partial charge in [-0.2, -0.15) is 0 Å². The number of nitrogens with two attached hydrogens (primary N) is 1. The largest absolute Gasteiger partial charge is 0.352 e. The number of amides is 2. The maximum Gasteiger partial charge on any atom is 0.226 e. The monoisotopic (exact) mass is 353 g/mol. The molecule has 1 aromatic carbocycles. The quantitative estimate of drug-likeness (QED) is 0.761. The third kappa shape index (κ3) is 6.13. The van der Waals surface area contributed by atoms with Crippen LogP contribution in [0.2, 0.25) is 0 Å². The molecule has 6 heteroatoms. The SMILES string of the molecule is CC(C)C(=O)Nc1ccc(CNC(=O)C2CCCC(N)C2)cc1.Cl. The Bertz CT molecular complexity index is 546. The first kappa shape index (κ1) is 20.5. The molecule has 0 aliphatic heterocycles. The zero-order chi connectivity index (χ0) is 16.8. The van der Waals surface area contributed by atoms with Crippen molar-refractivity contribution in [2.75, 3.05) is 5.32 Å². The summed E-state index contributed by atoms with van der Waals surface area (Å²) < 4.78 is 0. The van der Waals surface area contributed by atoms with Gasteiger partial charge in [0, 0.05) is 30.1 Å². The molecule has 2 rings (SSSR count). The molecule has 0 spiro atoms. The summed E-state index contributed by atoms with van der Waals surface area (Å²) in [6.45, 7) is 4.22. The average molecular weight is 354 g/mol. The van der Waals surface area contributed by atoms with Crippen molar-refractivity contribution >= 4 is 29.9 Å². The highest BCUT2D eigenvalue weighted by molar-refractivity contribution is 5.92. The van der Waals surface area contributed by atoms with Crippen LogP contribution in [0.25, 0.3) is 0 Å². The van der Waals surface area contributed by atoms with E-state index in [9.17, 15) is 9.59 Å². The van der Waals surface area contributed by atoms with Gasteiger partial charge in [-0.1, -0.05) is 32.4 Å². The molecule has 4 N–H and O–H groups in total. The molecule has 1 aliphatic rings. The summed E-state index contributed by atoms with van der Waals surface area (Å²) in [6.07, 6.45) is 3.77. The molecule has 1 aliphatic carbocycles. The van der Waals surface area contributed by atoms with Gasteiger partial charge in [-0.05, 0) is 37.0 Å². The summed E-state index contributed by atoms with van der Waals surface area (Å²) in [4.78, 5) is 23.8. The van der Waals surface area contributed by atoms with Crippen molar-refractivity contribution in [2.45, 2.75) is 52.1 Å². The van der Waals surface area contributed by atoms with E-state index in [0.717, 1.165) is 36.9 Å². The molecule has 0 radical (unpaired) electrons. The highest BCUT2D eigenvalue weighted by Crippen LogP contribution is 2.23. The number of hydrogen-bond donors (Lipinski definition) is 3. The van der Waals surface area contributed by atoms with Crippen molar-refractivity contribution in [1.82, 2.24) is 5.32 Å². The van der Waals surface area contributed by atoms with E-state index in [1.807, 2.05) is 38.1 Å². The van der Waals surface area contributed by atoms with E-state index in [2.05, 4.69) is 10.6 Å². The number of carbonyl (C=O) groups is 2. The number of halogens is 1. The predicted molar refractivity (Wildman–Crippen MR) is 98.9 cm³/mol. The van der Waals surface area contributed by atoms with Gasteiger partial charge in [0.1, 0.15) is 0 Å². The van der Waals surface area contributed by atoms with Crippen LogP contribution in [0.15, 0.2) is 24.3 Å². The fourth-order valence-corrected chi connectivity index (χ4v) is 2.79. The highest BCUT2D eigenvalue weighted by atomic mass is 35.5. The second-order valence-electron chi connectivity index (χ2n) is 6.68. The maximum absolute atomic E-state index is 12.2. The second kappa shape index (κ2) is 9.64. The first-order valence-electron chi connectivity index (χ1n) is 8.39. The van der Waals surface area contributed by atoms with Crippen molar-refractivity contribution in [3.05, 3.63) is 29.8 Å². The minimum absolute atomic E-state index is 0. The van der Waals surface area contributed by atoms with Gasteiger partial charge < -0.3 is 16.4 Å². The van der Waals surface area contributed by atoms with Gasteiger partial charge in [0.2, 0.25) is 11.8 Å². The van der Waals surface area contributed by atoms with Gasteiger partial charge in [0.05, 0.1) is 0 Å². The Hall–Kier alpha value is -1.59. The van der Waals surface area contributed by atoms with Crippen LogP contribution < -0.4 is 16.4 Å². The van der Waals surface area contributed by atoms with E-state index in [1.165, 1.54) is 0 Å². The molecule has 2 unspecified atom stereocenters. The molecule has 1 fully saturated rings. The van der Waals surface area contributed by atoms with Gasteiger partial charge in [-0.3, -0.25) is 9.59 Å². The smallest absolute Gasteiger partial charge is 0.226 e. The fourth-order valence-electron chi connectivity index (χ4n) is 2.79. The molecule has 0 bridgehead atoms. The van der Waals surface area contributed by atoms with Crippen molar-refractivity contribution in [3.8, 4) is 0 Å². The summed E-state index contributed by atoms with van der Waals surface area (Å²) in [5, 5.41) is 5.84. The third-order valence-corrected chi connectivity index (χ3v) is 4.30. The van der Waals surface area contributed by atoms with Crippen LogP contribution in [0.1, 0.15) is 45.1 Å². The van der Waals surface area contributed by atoms with E-state index < -0.39 is 0 Å². The fraction of sp³-hybridized carbons (Fsp3) is 0.556. The Labute approximate surface area is 150 Å². The lowest BCUT2D eigenvalue weighted by Crippen LogP contribution is -2.37. The molecule has 0 saturated heterocycles. The average Bonchev–Trinajstić information content (AvgIpc) is 2.53. The predicted octanol–water partition coefficient (Wildman–Crippen LogP) is 2.84. The summed E-state index contributed by atoms with van der Waals surface area (Å²) in [5.41, 5.74) is 7.72. The van der Waals surface area contributed by atoms with Gasteiger partial charge >= 0.3 is 0 Å². The van der Waals surface area contributed by atoms with E-state index in [0.29, 0.717) is 6.54 Å². The molecule has 5 nitrogen and oxygen atoms in total. The molecular formula is C18H28ClN3O2. The van der Waals surface area contributed by atoms with E-state index in [-0.39, 0.29) is 42.1 Å². The normalized spacial score (nSPS) is 20.2. The summed E-state index contributed by atoms with van der Waals surface area (Å²) in [5.74, 6) is 0.0937. The first-order valence-corrected chi connectivity index (χ1v) is 8.39. The summed E-state index contributed by atoms with van der Waals surface area (Å²) in [7, 11) is 0. The van der Waals surface area contributed by atoms with Crippen molar-refractivity contribution < 1.29 is 9.59 Å². The third-order valence-electron chi connectivity index (χ3n) is 4.30. The summed E-state index contributed by atoms with van der Waals surface area (Å²) >= 11 is 0. The van der Waals surface area contributed by atoms with Gasteiger partial charge in [-0.15, -0.1) is 12.4 Å². The Kier molecular flexibility index (Phi) is 8.22. The molecule has 134 valence electrons. The van der Waals surface area contributed by atoms with Crippen LogP contribution in [0, 0.1) is 11.8 Å². The molecular weight excluding hydrogens is 326 g/mol. The lowest BCUT2D eigenvalue weighted by Gasteiger charge is -2.25. The van der Waals surface area contributed by atoms with Crippen LogP contribution in [0.5, 0.6) is 0 Å². The molecule has 1 aromatic rings. The zero-order valence-electron chi connectivity index (χ0n) is 14.4. The van der Waals surface area contributed by atoms with Crippen molar-refractivity contribution in [1.29, 1.82) is 0 Å². The highest BCUT2D eigenvalue weighted by Gasteiger charge is 2.24. The molecule has 0 heterocycles.